The lowest BCUT2D eigenvalue weighted by Gasteiger charge is -2.26. The third kappa shape index (κ3) is 4.17. The molecule has 0 radical (unpaired) electrons. The molecule has 0 saturated carbocycles. The number of amides is 2. The molecule has 7 heteroatoms. The molecule has 7 nitrogen and oxygen atoms in total. The first-order valence-electron chi connectivity index (χ1n) is 6.81. The van der Waals surface area contributed by atoms with Crippen LogP contribution in [0.25, 0.3) is 0 Å². The molecule has 0 unspecified atom stereocenters. The summed E-state index contributed by atoms with van der Waals surface area (Å²) >= 11 is 0. The van der Waals surface area contributed by atoms with E-state index in [2.05, 4.69) is 15.5 Å². The zero-order valence-electron chi connectivity index (χ0n) is 12.0. The van der Waals surface area contributed by atoms with Gasteiger partial charge in [-0.3, -0.25) is 14.5 Å². The second kappa shape index (κ2) is 7.05. The van der Waals surface area contributed by atoms with Crippen molar-refractivity contribution in [3.63, 3.8) is 0 Å². The Morgan fingerprint density at radius 1 is 1.38 bits per heavy atom. The van der Waals surface area contributed by atoms with Gasteiger partial charge in [-0.1, -0.05) is 0 Å². The monoisotopic (exact) mass is 292 g/mol. The van der Waals surface area contributed by atoms with E-state index in [0.29, 0.717) is 23.5 Å². The van der Waals surface area contributed by atoms with Gasteiger partial charge in [0.05, 0.1) is 19.3 Å². The standard InChI is InChI=1S/C14H20N4O3/c1-21-12-3-2-10(14(15)20)8-11(12)17-13(19)9-18-6-4-16-5-7-18/h2-3,8,16H,4-7,9H2,1H3,(H2,15,20)(H,17,19). The molecule has 1 aliphatic heterocycles. The van der Waals surface area contributed by atoms with E-state index in [9.17, 15) is 9.59 Å². The fourth-order valence-corrected chi connectivity index (χ4v) is 2.22. The predicted octanol–water partition coefficient (Wildman–Crippen LogP) is -0.362. The van der Waals surface area contributed by atoms with Crippen LogP contribution < -0.4 is 21.1 Å². The fraction of sp³-hybridized carbons (Fsp3) is 0.429. The molecule has 1 heterocycles. The summed E-state index contributed by atoms with van der Waals surface area (Å²) in [6.07, 6.45) is 0. The zero-order valence-corrected chi connectivity index (χ0v) is 12.0. The molecule has 1 aliphatic rings. The Hall–Kier alpha value is -2.12. The van der Waals surface area contributed by atoms with Gasteiger partial charge in [0, 0.05) is 31.7 Å². The van der Waals surface area contributed by atoms with Crippen LogP contribution in [0.3, 0.4) is 0 Å². The number of rotatable bonds is 5. The molecule has 4 N–H and O–H groups in total. The van der Waals surface area contributed by atoms with E-state index in [0.717, 1.165) is 26.2 Å². The number of hydrogen-bond acceptors (Lipinski definition) is 5. The van der Waals surface area contributed by atoms with Crippen molar-refractivity contribution in [1.82, 2.24) is 10.2 Å². The van der Waals surface area contributed by atoms with Gasteiger partial charge in [0.1, 0.15) is 5.75 Å². The van der Waals surface area contributed by atoms with Crippen LogP contribution in [0.1, 0.15) is 10.4 Å². The van der Waals surface area contributed by atoms with Crippen LogP contribution in [0, 0.1) is 0 Å². The highest BCUT2D eigenvalue weighted by molar-refractivity contribution is 5.98. The minimum atomic E-state index is -0.546. The summed E-state index contributed by atoms with van der Waals surface area (Å²) in [4.78, 5) is 25.4. The van der Waals surface area contributed by atoms with Crippen molar-refractivity contribution in [2.45, 2.75) is 0 Å². The highest BCUT2D eigenvalue weighted by atomic mass is 16.5. The molecule has 1 fully saturated rings. The van der Waals surface area contributed by atoms with Crippen LogP contribution in [0.2, 0.25) is 0 Å². The first-order valence-corrected chi connectivity index (χ1v) is 6.81. The summed E-state index contributed by atoms with van der Waals surface area (Å²) in [7, 11) is 1.51. The lowest BCUT2D eigenvalue weighted by Crippen LogP contribution is -2.46. The Bertz CT molecular complexity index is 527. The highest BCUT2D eigenvalue weighted by Gasteiger charge is 2.15. The number of nitrogens with zero attached hydrogens (tertiary/aromatic N) is 1. The van der Waals surface area contributed by atoms with Gasteiger partial charge in [0.25, 0.3) is 0 Å². The molecular formula is C14H20N4O3. The van der Waals surface area contributed by atoms with Gasteiger partial charge in [-0.2, -0.15) is 0 Å². The maximum absolute atomic E-state index is 12.1. The average Bonchev–Trinajstić information content (AvgIpc) is 2.48. The quantitative estimate of drug-likeness (QED) is 0.688. The number of nitrogens with two attached hydrogens (primary N) is 1. The molecule has 0 spiro atoms. The van der Waals surface area contributed by atoms with Crippen LogP contribution in [-0.2, 0) is 4.79 Å². The molecule has 0 aliphatic carbocycles. The van der Waals surface area contributed by atoms with Gasteiger partial charge >= 0.3 is 0 Å². The van der Waals surface area contributed by atoms with E-state index in [4.69, 9.17) is 10.5 Å². The third-order valence-corrected chi connectivity index (χ3v) is 3.33. The number of carbonyl (C=O) groups excluding carboxylic acids is 2. The number of nitrogens with one attached hydrogen (secondary N) is 2. The average molecular weight is 292 g/mol. The van der Waals surface area contributed by atoms with E-state index < -0.39 is 5.91 Å². The molecule has 0 bridgehead atoms. The van der Waals surface area contributed by atoms with Crippen LogP contribution in [-0.4, -0.2) is 56.5 Å². The molecule has 2 amide bonds. The van der Waals surface area contributed by atoms with Gasteiger partial charge in [-0.05, 0) is 18.2 Å². The predicted molar refractivity (Wildman–Crippen MR) is 79.5 cm³/mol. The number of ether oxygens (including phenoxy) is 1. The number of hydrogen-bond donors (Lipinski definition) is 3. The summed E-state index contributed by atoms with van der Waals surface area (Å²) in [5.74, 6) is -0.194. The van der Waals surface area contributed by atoms with Crippen molar-refractivity contribution in [3.05, 3.63) is 23.8 Å². The normalized spacial score (nSPS) is 15.5. The summed E-state index contributed by atoms with van der Waals surface area (Å²) < 4.78 is 5.18. The molecule has 114 valence electrons. The van der Waals surface area contributed by atoms with Crippen LogP contribution >= 0.6 is 0 Å². The number of piperazine rings is 1. The lowest BCUT2D eigenvalue weighted by molar-refractivity contribution is -0.117. The number of methoxy groups -OCH3 is 1. The molecule has 1 saturated heterocycles. The lowest BCUT2D eigenvalue weighted by atomic mass is 10.1. The Labute approximate surface area is 123 Å². The molecule has 0 atom stereocenters. The fourth-order valence-electron chi connectivity index (χ4n) is 2.22. The first kappa shape index (κ1) is 15.3. The third-order valence-electron chi connectivity index (χ3n) is 3.33. The van der Waals surface area contributed by atoms with Gasteiger partial charge in [0.2, 0.25) is 11.8 Å². The van der Waals surface area contributed by atoms with Crippen LogP contribution in [0.15, 0.2) is 18.2 Å². The molecular weight excluding hydrogens is 272 g/mol. The highest BCUT2D eigenvalue weighted by Crippen LogP contribution is 2.25. The molecule has 21 heavy (non-hydrogen) atoms. The Balaban J connectivity index is 2.04. The van der Waals surface area contributed by atoms with Crippen LogP contribution in [0.4, 0.5) is 5.69 Å². The van der Waals surface area contributed by atoms with Crippen molar-refractivity contribution < 1.29 is 14.3 Å². The number of anilines is 1. The maximum atomic E-state index is 12.1. The van der Waals surface area contributed by atoms with E-state index in [1.54, 1.807) is 12.1 Å². The van der Waals surface area contributed by atoms with E-state index in [1.807, 2.05) is 0 Å². The maximum Gasteiger partial charge on any atom is 0.248 e. The largest absolute Gasteiger partial charge is 0.495 e. The Morgan fingerprint density at radius 3 is 2.71 bits per heavy atom. The smallest absolute Gasteiger partial charge is 0.248 e. The summed E-state index contributed by atoms with van der Waals surface area (Å²) in [5.41, 5.74) is 6.03. The number of primary amides is 1. The van der Waals surface area contributed by atoms with Crippen molar-refractivity contribution in [2.24, 2.45) is 5.73 Å². The van der Waals surface area contributed by atoms with Crippen molar-refractivity contribution in [3.8, 4) is 5.75 Å². The van der Waals surface area contributed by atoms with Crippen molar-refractivity contribution in [2.75, 3.05) is 45.2 Å². The SMILES string of the molecule is COc1ccc(C(N)=O)cc1NC(=O)CN1CCNCC1. The van der Waals surface area contributed by atoms with Gasteiger partial charge < -0.3 is 21.1 Å². The van der Waals surface area contributed by atoms with Crippen molar-refractivity contribution >= 4 is 17.5 Å². The topological polar surface area (TPSA) is 96.7 Å². The Kier molecular flexibility index (Phi) is 5.13. The molecule has 0 aromatic heterocycles. The van der Waals surface area contributed by atoms with E-state index >= 15 is 0 Å². The molecule has 1 aromatic rings. The molecule has 2 rings (SSSR count). The van der Waals surface area contributed by atoms with Gasteiger partial charge in [-0.25, -0.2) is 0 Å². The molecule has 1 aromatic carbocycles. The van der Waals surface area contributed by atoms with E-state index in [1.165, 1.54) is 13.2 Å². The second-order valence-electron chi connectivity index (χ2n) is 4.85. The van der Waals surface area contributed by atoms with Crippen LogP contribution in [0.5, 0.6) is 5.75 Å². The minimum Gasteiger partial charge on any atom is -0.495 e. The van der Waals surface area contributed by atoms with Gasteiger partial charge in [-0.15, -0.1) is 0 Å². The van der Waals surface area contributed by atoms with Crippen molar-refractivity contribution in [1.29, 1.82) is 0 Å². The summed E-state index contributed by atoms with van der Waals surface area (Å²) in [6, 6.07) is 4.70. The van der Waals surface area contributed by atoms with Gasteiger partial charge in [0.15, 0.2) is 0 Å². The van der Waals surface area contributed by atoms with E-state index in [-0.39, 0.29) is 5.91 Å². The number of carbonyl (C=O) groups is 2. The number of benzene rings is 1. The second-order valence-corrected chi connectivity index (χ2v) is 4.85. The summed E-state index contributed by atoms with van der Waals surface area (Å²) in [6.45, 7) is 3.75. The Morgan fingerprint density at radius 2 is 2.10 bits per heavy atom. The summed E-state index contributed by atoms with van der Waals surface area (Å²) in [5, 5.41) is 6.00. The first-order chi connectivity index (χ1) is 10.1. The zero-order chi connectivity index (χ0) is 15.2. The minimum absolute atomic E-state index is 0.142.